The van der Waals surface area contributed by atoms with Crippen molar-refractivity contribution >= 4 is 11.9 Å². The second kappa shape index (κ2) is 7.59. The molecule has 1 atom stereocenters. The molecule has 3 N–H and O–H groups in total. The highest BCUT2D eigenvalue weighted by molar-refractivity contribution is 5.92. The molecule has 1 aliphatic heterocycles. The van der Waals surface area contributed by atoms with Crippen LogP contribution >= 0.6 is 0 Å². The van der Waals surface area contributed by atoms with E-state index in [0.29, 0.717) is 18.8 Å². The summed E-state index contributed by atoms with van der Waals surface area (Å²) in [6.45, 7) is 5.01. The molecular formula is C19H24N4O3. The number of para-hydroxylation sites is 1. The van der Waals surface area contributed by atoms with Gasteiger partial charge in [0.1, 0.15) is 5.69 Å². The Morgan fingerprint density at radius 3 is 2.96 bits per heavy atom. The molecule has 1 aromatic heterocycles. The average Bonchev–Trinajstić information content (AvgIpc) is 2.64. The third kappa shape index (κ3) is 3.87. The number of rotatable bonds is 5. The van der Waals surface area contributed by atoms with Gasteiger partial charge in [0.25, 0.3) is 5.91 Å². The summed E-state index contributed by atoms with van der Waals surface area (Å²) >= 11 is 0. The zero-order valence-corrected chi connectivity index (χ0v) is 15.3. The Morgan fingerprint density at radius 1 is 1.42 bits per heavy atom. The highest BCUT2D eigenvalue weighted by Gasteiger charge is 2.23. The molecule has 0 radical (unpaired) electrons. The molecular weight excluding hydrogens is 332 g/mol. The van der Waals surface area contributed by atoms with Crippen LogP contribution in [0.25, 0.3) is 0 Å². The van der Waals surface area contributed by atoms with Gasteiger partial charge in [-0.05, 0) is 30.0 Å². The van der Waals surface area contributed by atoms with Crippen molar-refractivity contribution in [3.05, 3.63) is 41.2 Å². The lowest BCUT2D eigenvalue weighted by molar-refractivity contribution is 0.0933. The number of nitrogen functional groups attached to an aromatic ring is 1. The summed E-state index contributed by atoms with van der Waals surface area (Å²) in [5.74, 6) is 1.75. The molecule has 1 aliphatic rings. The maximum atomic E-state index is 12.4. The molecule has 0 fully saturated rings. The topological polar surface area (TPSA) is 99.4 Å². The van der Waals surface area contributed by atoms with Crippen LogP contribution in [-0.4, -0.2) is 36.1 Å². The summed E-state index contributed by atoms with van der Waals surface area (Å²) in [6, 6.07) is 7.53. The standard InChI is InChI=1S/C19H24N4O3/c1-11(2)14-8-15(23-19(20)22-14)18(24)21-9-12-7-13-5-4-6-16(25-3)17(13)26-10-12/h4-6,8,11-12H,7,9-10H2,1-3H3,(H,21,24)(H2,20,22,23)/t12-/m1/s1. The number of methoxy groups -OCH3 is 1. The largest absolute Gasteiger partial charge is 0.493 e. The van der Waals surface area contributed by atoms with E-state index in [2.05, 4.69) is 15.3 Å². The van der Waals surface area contributed by atoms with Gasteiger partial charge in [0.2, 0.25) is 5.95 Å². The monoisotopic (exact) mass is 356 g/mol. The predicted molar refractivity (Wildman–Crippen MR) is 98.5 cm³/mol. The number of amides is 1. The molecule has 0 unspecified atom stereocenters. The zero-order chi connectivity index (χ0) is 18.7. The van der Waals surface area contributed by atoms with Gasteiger partial charge in [-0.3, -0.25) is 4.79 Å². The maximum absolute atomic E-state index is 12.4. The van der Waals surface area contributed by atoms with E-state index in [1.54, 1.807) is 13.2 Å². The van der Waals surface area contributed by atoms with Crippen LogP contribution in [-0.2, 0) is 6.42 Å². The first-order valence-electron chi connectivity index (χ1n) is 8.69. The van der Waals surface area contributed by atoms with E-state index < -0.39 is 0 Å². The molecule has 26 heavy (non-hydrogen) atoms. The van der Waals surface area contributed by atoms with Gasteiger partial charge in [0.05, 0.1) is 13.7 Å². The Morgan fingerprint density at radius 2 is 2.23 bits per heavy atom. The van der Waals surface area contributed by atoms with E-state index in [4.69, 9.17) is 15.2 Å². The minimum absolute atomic E-state index is 0.114. The van der Waals surface area contributed by atoms with Crippen molar-refractivity contribution in [1.29, 1.82) is 0 Å². The Bertz CT molecular complexity index is 807. The summed E-state index contributed by atoms with van der Waals surface area (Å²) in [6.07, 6.45) is 0.815. The van der Waals surface area contributed by atoms with Crippen LogP contribution in [0, 0.1) is 5.92 Å². The Hall–Kier alpha value is -2.83. The van der Waals surface area contributed by atoms with Gasteiger partial charge >= 0.3 is 0 Å². The number of hydrogen-bond acceptors (Lipinski definition) is 6. The summed E-state index contributed by atoms with van der Waals surface area (Å²) in [4.78, 5) is 20.6. The van der Waals surface area contributed by atoms with E-state index in [-0.39, 0.29) is 23.7 Å². The first kappa shape index (κ1) is 18.0. The molecule has 0 spiro atoms. The molecule has 2 aromatic rings. The molecule has 2 heterocycles. The molecule has 3 rings (SSSR count). The van der Waals surface area contributed by atoms with Crippen molar-refractivity contribution in [1.82, 2.24) is 15.3 Å². The molecule has 0 saturated carbocycles. The fourth-order valence-electron chi connectivity index (χ4n) is 2.97. The first-order chi connectivity index (χ1) is 12.5. The van der Waals surface area contributed by atoms with Gasteiger partial charge in [-0.25, -0.2) is 9.97 Å². The van der Waals surface area contributed by atoms with Gasteiger partial charge in [-0.1, -0.05) is 26.0 Å². The number of fused-ring (bicyclic) bond motifs is 1. The van der Waals surface area contributed by atoms with Crippen molar-refractivity contribution in [3.8, 4) is 11.5 Å². The quantitative estimate of drug-likeness (QED) is 0.852. The molecule has 0 aliphatic carbocycles. The van der Waals surface area contributed by atoms with Crippen LogP contribution in [0.1, 0.15) is 41.5 Å². The number of nitrogens with one attached hydrogen (secondary N) is 1. The summed E-state index contributed by atoms with van der Waals surface area (Å²) in [7, 11) is 1.63. The molecule has 0 bridgehead atoms. The SMILES string of the molecule is COc1cccc2c1OC[C@@H](CNC(=O)c1cc(C(C)C)nc(N)n1)C2. The van der Waals surface area contributed by atoms with Crippen molar-refractivity contribution in [3.63, 3.8) is 0 Å². The van der Waals surface area contributed by atoms with Gasteiger partial charge < -0.3 is 20.5 Å². The lowest BCUT2D eigenvalue weighted by atomic mass is 9.96. The van der Waals surface area contributed by atoms with Crippen molar-refractivity contribution in [2.24, 2.45) is 5.92 Å². The van der Waals surface area contributed by atoms with Crippen LogP contribution in [0.2, 0.25) is 0 Å². The average molecular weight is 356 g/mol. The Kier molecular flexibility index (Phi) is 5.25. The number of anilines is 1. The lowest BCUT2D eigenvalue weighted by Crippen LogP contribution is -2.35. The van der Waals surface area contributed by atoms with Gasteiger partial charge in [-0.15, -0.1) is 0 Å². The highest BCUT2D eigenvalue weighted by atomic mass is 16.5. The lowest BCUT2D eigenvalue weighted by Gasteiger charge is -2.26. The van der Waals surface area contributed by atoms with E-state index in [9.17, 15) is 4.79 Å². The fraction of sp³-hybridized carbons (Fsp3) is 0.421. The van der Waals surface area contributed by atoms with E-state index >= 15 is 0 Å². The highest BCUT2D eigenvalue weighted by Crippen LogP contribution is 2.35. The van der Waals surface area contributed by atoms with Gasteiger partial charge in [-0.2, -0.15) is 0 Å². The predicted octanol–water partition coefficient (Wildman–Crippen LogP) is 2.17. The third-order valence-corrected chi connectivity index (χ3v) is 4.39. The minimum atomic E-state index is -0.252. The van der Waals surface area contributed by atoms with Crippen molar-refractivity contribution in [2.45, 2.75) is 26.2 Å². The first-order valence-corrected chi connectivity index (χ1v) is 8.69. The summed E-state index contributed by atoms with van der Waals surface area (Å²) < 4.78 is 11.2. The number of benzene rings is 1. The van der Waals surface area contributed by atoms with E-state index in [1.807, 2.05) is 32.0 Å². The number of hydrogen-bond donors (Lipinski definition) is 2. The van der Waals surface area contributed by atoms with Crippen molar-refractivity contribution in [2.75, 3.05) is 26.0 Å². The normalized spacial score (nSPS) is 15.9. The number of nitrogens with zero attached hydrogens (tertiary/aromatic N) is 2. The summed E-state index contributed by atoms with van der Waals surface area (Å²) in [5.41, 5.74) is 7.85. The maximum Gasteiger partial charge on any atom is 0.270 e. The number of carbonyl (C=O) groups is 1. The van der Waals surface area contributed by atoms with E-state index in [1.165, 1.54) is 0 Å². The number of nitrogens with two attached hydrogens (primary N) is 1. The molecule has 1 aromatic carbocycles. The number of carbonyl (C=O) groups excluding carboxylic acids is 1. The zero-order valence-electron chi connectivity index (χ0n) is 15.3. The van der Waals surface area contributed by atoms with Crippen LogP contribution in [0.5, 0.6) is 11.5 Å². The Balaban J connectivity index is 1.64. The third-order valence-electron chi connectivity index (χ3n) is 4.39. The molecule has 138 valence electrons. The molecule has 0 saturated heterocycles. The second-order valence-corrected chi connectivity index (χ2v) is 6.73. The van der Waals surface area contributed by atoms with Crippen LogP contribution < -0.4 is 20.5 Å². The molecule has 1 amide bonds. The number of aromatic nitrogens is 2. The Labute approximate surface area is 152 Å². The summed E-state index contributed by atoms with van der Waals surface area (Å²) in [5, 5.41) is 2.93. The smallest absolute Gasteiger partial charge is 0.270 e. The van der Waals surface area contributed by atoms with Crippen LogP contribution in [0.15, 0.2) is 24.3 Å². The van der Waals surface area contributed by atoms with Gasteiger partial charge in [0, 0.05) is 18.2 Å². The molecule has 7 nitrogen and oxygen atoms in total. The van der Waals surface area contributed by atoms with Crippen LogP contribution in [0.3, 0.4) is 0 Å². The fourth-order valence-corrected chi connectivity index (χ4v) is 2.97. The minimum Gasteiger partial charge on any atom is -0.493 e. The van der Waals surface area contributed by atoms with E-state index in [0.717, 1.165) is 29.2 Å². The van der Waals surface area contributed by atoms with Gasteiger partial charge in [0.15, 0.2) is 11.5 Å². The van der Waals surface area contributed by atoms with Crippen LogP contribution in [0.4, 0.5) is 5.95 Å². The second-order valence-electron chi connectivity index (χ2n) is 6.73. The number of ether oxygens (including phenoxy) is 2. The molecule has 7 heteroatoms. The van der Waals surface area contributed by atoms with Crippen molar-refractivity contribution < 1.29 is 14.3 Å².